The van der Waals surface area contributed by atoms with Gasteiger partial charge in [-0.25, -0.2) is 0 Å². The molecule has 0 aliphatic heterocycles. The Hall–Kier alpha value is -2.02. The summed E-state index contributed by atoms with van der Waals surface area (Å²) in [6, 6.07) is 12.0. The predicted octanol–water partition coefficient (Wildman–Crippen LogP) is 11.9. The van der Waals surface area contributed by atoms with Crippen LogP contribution in [-0.2, 0) is 0 Å². The Morgan fingerprint density at radius 2 is 1.06 bits per heavy atom. The summed E-state index contributed by atoms with van der Waals surface area (Å²) in [6.07, 6.45) is 8.97. The summed E-state index contributed by atoms with van der Waals surface area (Å²) in [7, 11) is 0. The lowest BCUT2D eigenvalue weighted by atomic mass is 10.0. The molecule has 0 radical (unpaired) electrons. The molecule has 0 unspecified atom stereocenters. The van der Waals surface area contributed by atoms with Gasteiger partial charge < -0.3 is 4.90 Å². The topological polar surface area (TPSA) is 3.24 Å². The van der Waals surface area contributed by atoms with Crippen LogP contribution >= 0.6 is 0 Å². The fourth-order valence-corrected chi connectivity index (χ4v) is 1.96. The first-order valence-corrected chi connectivity index (χ1v) is 13.9. The second kappa shape index (κ2) is 34.1. The minimum absolute atomic E-state index is 0.500. The van der Waals surface area contributed by atoms with E-state index in [4.69, 9.17) is 0 Å². The highest BCUT2D eigenvalue weighted by molar-refractivity contribution is 5.36. The Morgan fingerprint density at radius 3 is 1.31 bits per heavy atom. The summed E-state index contributed by atoms with van der Waals surface area (Å²) in [5.74, 6) is 0. The highest BCUT2D eigenvalue weighted by atomic mass is 15.1. The van der Waals surface area contributed by atoms with Crippen molar-refractivity contribution in [2.24, 2.45) is 5.41 Å². The molecule has 1 heteroatoms. The molecular formula is C34H65N. The van der Waals surface area contributed by atoms with Crippen LogP contribution in [0.25, 0.3) is 0 Å². The Kier molecular flexibility index (Phi) is 42.0. The van der Waals surface area contributed by atoms with E-state index in [1.54, 1.807) is 0 Å². The molecule has 0 heterocycles. The summed E-state index contributed by atoms with van der Waals surface area (Å²) in [6.45, 7) is 41.4. The molecule has 0 aliphatic rings. The van der Waals surface area contributed by atoms with E-state index in [0.717, 1.165) is 29.9 Å². The van der Waals surface area contributed by atoms with E-state index in [2.05, 4.69) is 80.0 Å². The first-order chi connectivity index (χ1) is 16.4. The molecule has 0 saturated heterocycles. The SMILES string of the molecule is C=C(C)/C=C\C(=C)C(=C)N(CC)CCCCC.CC.CC.CC(C)(C)C.CCC.c1ccccc1. The third-order valence-corrected chi connectivity index (χ3v) is 3.40. The van der Waals surface area contributed by atoms with Gasteiger partial charge in [0.25, 0.3) is 0 Å². The van der Waals surface area contributed by atoms with Crippen LogP contribution in [0.15, 0.2) is 85.1 Å². The molecule has 1 aromatic rings. The van der Waals surface area contributed by atoms with Gasteiger partial charge in [0.1, 0.15) is 0 Å². The number of unbranched alkanes of at least 4 members (excludes halogenated alkanes) is 2. The van der Waals surface area contributed by atoms with Crippen molar-refractivity contribution in [3.8, 4) is 0 Å². The van der Waals surface area contributed by atoms with Crippen molar-refractivity contribution < 1.29 is 0 Å². The van der Waals surface area contributed by atoms with Gasteiger partial charge in [-0.05, 0) is 31.3 Å². The molecule has 1 rings (SSSR count). The minimum Gasteiger partial charge on any atom is -0.372 e. The lowest BCUT2D eigenvalue weighted by molar-refractivity contribution is 0.360. The van der Waals surface area contributed by atoms with E-state index in [0.29, 0.717) is 5.41 Å². The summed E-state index contributed by atoms with van der Waals surface area (Å²) >= 11 is 0. The van der Waals surface area contributed by atoms with Crippen molar-refractivity contribution in [3.63, 3.8) is 0 Å². The maximum absolute atomic E-state index is 4.13. The van der Waals surface area contributed by atoms with Crippen molar-refractivity contribution >= 4 is 0 Å². The highest BCUT2D eigenvalue weighted by Crippen LogP contribution is 2.14. The van der Waals surface area contributed by atoms with E-state index in [1.165, 1.54) is 25.7 Å². The van der Waals surface area contributed by atoms with E-state index in [9.17, 15) is 0 Å². The van der Waals surface area contributed by atoms with Gasteiger partial charge in [0, 0.05) is 18.8 Å². The van der Waals surface area contributed by atoms with Crippen molar-refractivity contribution in [2.45, 2.75) is 116 Å². The molecule has 0 bridgehead atoms. The Labute approximate surface area is 224 Å². The first-order valence-electron chi connectivity index (χ1n) is 13.9. The molecule has 0 spiro atoms. The average Bonchev–Trinajstić information content (AvgIpc) is 2.83. The molecule has 0 fully saturated rings. The molecule has 0 atom stereocenters. The third kappa shape index (κ3) is 50.0. The fourth-order valence-electron chi connectivity index (χ4n) is 1.96. The van der Waals surface area contributed by atoms with E-state index < -0.39 is 0 Å². The average molecular weight is 488 g/mol. The van der Waals surface area contributed by atoms with Crippen LogP contribution in [0.5, 0.6) is 0 Å². The normalized spacial score (nSPS) is 9.06. The number of hydrogen-bond donors (Lipinski definition) is 0. The standard InChI is InChI=1S/C16H27N.C6H6.C5H12.C3H8.2C2H6/c1-7-9-10-13-17(8-2)16(6)15(5)12-11-14(3)4;1-2-4-6-5-3-1;1-5(2,3)4;1-3-2;2*1-2/h11-12H,3,5-10,13H2,1-2,4H3;1-6H;1-4H3;3H2,1-2H3;2*1-2H3/b12-11-;;;;;. The van der Waals surface area contributed by atoms with Gasteiger partial charge in [-0.15, -0.1) is 0 Å². The molecule has 0 saturated carbocycles. The van der Waals surface area contributed by atoms with Gasteiger partial charge in [0.05, 0.1) is 0 Å². The molecule has 206 valence electrons. The second-order valence-corrected chi connectivity index (χ2v) is 9.30. The summed E-state index contributed by atoms with van der Waals surface area (Å²) in [5.41, 5.74) is 3.54. The minimum atomic E-state index is 0.500. The van der Waals surface area contributed by atoms with Crippen LogP contribution in [0.2, 0.25) is 0 Å². The highest BCUT2D eigenvalue weighted by Gasteiger charge is 2.06. The van der Waals surface area contributed by atoms with Gasteiger partial charge in [-0.2, -0.15) is 0 Å². The van der Waals surface area contributed by atoms with Gasteiger partial charge in [0.15, 0.2) is 0 Å². The number of allylic oxidation sites excluding steroid dienone is 3. The molecule has 0 aliphatic carbocycles. The van der Waals surface area contributed by atoms with Gasteiger partial charge in [-0.1, -0.05) is 169 Å². The van der Waals surface area contributed by atoms with Crippen LogP contribution in [0.1, 0.15) is 116 Å². The maximum Gasteiger partial charge on any atom is 0.0360 e. The quantitative estimate of drug-likeness (QED) is 0.247. The predicted molar refractivity (Wildman–Crippen MR) is 169 cm³/mol. The number of nitrogens with zero attached hydrogens (tertiary/aromatic N) is 1. The van der Waals surface area contributed by atoms with Crippen LogP contribution in [0.4, 0.5) is 0 Å². The number of likely N-dealkylation sites (N-methyl/N-ethyl adjacent to an activating group) is 1. The fraction of sp³-hybridized carbons (Fsp3) is 0.588. The smallest absolute Gasteiger partial charge is 0.0360 e. The molecule has 0 N–H and O–H groups in total. The summed E-state index contributed by atoms with van der Waals surface area (Å²) in [5, 5.41) is 0. The number of hydrogen-bond acceptors (Lipinski definition) is 1. The van der Waals surface area contributed by atoms with E-state index in [1.807, 2.05) is 83.2 Å². The van der Waals surface area contributed by atoms with Crippen LogP contribution in [-0.4, -0.2) is 18.0 Å². The Morgan fingerprint density at radius 1 is 0.714 bits per heavy atom. The zero-order valence-corrected chi connectivity index (χ0v) is 26.4. The Bertz CT molecular complexity index is 540. The second-order valence-electron chi connectivity index (χ2n) is 9.30. The summed E-state index contributed by atoms with van der Waals surface area (Å²) < 4.78 is 0. The molecule has 1 nitrogen and oxygen atoms in total. The largest absolute Gasteiger partial charge is 0.372 e. The van der Waals surface area contributed by atoms with Crippen molar-refractivity contribution in [1.82, 2.24) is 4.90 Å². The van der Waals surface area contributed by atoms with Crippen molar-refractivity contribution in [1.29, 1.82) is 0 Å². The van der Waals surface area contributed by atoms with Crippen LogP contribution < -0.4 is 0 Å². The van der Waals surface area contributed by atoms with Gasteiger partial charge in [0.2, 0.25) is 0 Å². The van der Waals surface area contributed by atoms with E-state index >= 15 is 0 Å². The van der Waals surface area contributed by atoms with Gasteiger partial charge in [-0.3, -0.25) is 0 Å². The molecule has 0 amide bonds. The molecular weight excluding hydrogens is 422 g/mol. The lowest BCUT2D eigenvalue weighted by Crippen LogP contribution is -2.23. The third-order valence-electron chi connectivity index (χ3n) is 3.40. The lowest BCUT2D eigenvalue weighted by Gasteiger charge is -2.25. The molecule has 0 aromatic heterocycles. The first kappa shape index (κ1) is 43.1. The molecule has 35 heavy (non-hydrogen) atoms. The van der Waals surface area contributed by atoms with Crippen molar-refractivity contribution in [2.75, 3.05) is 13.1 Å². The van der Waals surface area contributed by atoms with Crippen LogP contribution in [0, 0.1) is 5.41 Å². The number of rotatable bonds is 9. The Balaban J connectivity index is -0.000000135. The van der Waals surface area contributed by atoms with E-state index in [-0.39, 0.29) is 0 Å². The maximum atomic E-state index is 4.13. The van der Waals surface area contributed by atoms with Crippen LogP contribution in [0.3, 0.4) is 0 Å². The van der Waals surface area contributed by atoms with Gasteiger partial charge >= 0.3 is 0 Å². The zero-order chi connectivity index (χ0) is 28.7. The zero-order valence-electron chi connectivity index (χ0n) is 26.4. The molecule has 1 aromatic carbocycles. The number of benzene rings is 1. The van der Waals surface area contributed by atoms with Crippen molar-refractivity contribution in [3.05, 3.63) is 85.1 Å². The summed E-state index contributed by atoms with van der Waals surface area (Å²) in [4.78, 5) is 2.29. The monoisotopic (exact) mass is 488 g/mol.